The summed E-state index contributed by atoms with van der Waals surface area (Å²) in [4.78, 5) is 45.9. The zero-order valence-corrected chi connectivity index (χ0v) is 19.2. The number of nitrogens with zero attached hydrogens (tertiary/aromatic N) is 2. The Balaban J connectivity index is 1.56. The first kappa shape index (κ1) is 25.6. The summed E-state index contributed by atoms with van der Waals surface area (Å²) < 4.78 is 10.9. The molecule has 0 saturated carbocycles. The zero-order valence-electron chi connectivity index (χ0n) is 19.2. The van der Waals surface area contributed by atoms with Gasteiger partial charge in [0, 0.05) is 23.5 Å². The van der Waals surface area contributed by atoms with Crippen molar-refractivity contribution in [3.63, 3.8) is 0 Å². The van der Waals surface area contributed by atoms with Crippen LogP contribution in [-0.4, -0.2) is 33.9 Å². The number of para-hydroxylation sites is 4. The van der Waals surface area contributed by atoms with Gasteiger partial charge in [0.15, 0.2) is 23.7 Å². The number of hydrogen-bond acceptors (Lipinski definition) is 8. The standard InChI is InChI=1S/C24H22N4O8/c1-15(35-21-9-5-3-7-19(21)27(31)32)23(29)25-17-11-13-18(14-12-17)26-24(30)16(2)36-22-10-6-4-8-20(22)28(33)34/h3-16H,1-2H3,(H,25,29)(H,26,30). The summed E-state index contributed by atoms with van der Waals surface area (Å²) in [6.45, 7) is 2.91. The van der Waals surface area contributed by atoms with Gasteiger partial charge in [0.1, 0.15) is 0 Å². The predicted molar refractivity (Wildman–Crippen MR) is 130 cm³/mol. The second-order valence-electron chi connectivity index (χ2n) is 7.53. The molecule has 0 aliphatic rings. The molecule has 3 aromatic rings. The first-order valence-electron chi connectivity index (χ1n) is 10.7. The quantitative estimate of drug-likeness (QED) is 0.311. The van der Waals surface area contributed by atoms with E-state index in [1.54, 1.807) is 36.4 Å². The largest absolute Gasteiger partial charge is 0.474 e. The average Bonchev–Trinajstić information content (AvgIpc) is 2.85. The summed E-state index contributed by atoms with van der Waals surface area (Å²) in [5.74, 6) is -1.12. The number of carbonyl (C=O) groups is 2. The maximum absolute atomic E-state index is 12.5. The van der Waals surface area contributed by atoms with Gasteiger partial charge in [-0.05, 0) is 50.2 Å². The van der Waals surface area contributed by atoms with Crippen molar-refractivity contribution >= 4 is 34.6 Å². The van der Waals surface area contributed by atoms with Crippen LogP contribution in [0.5, 0.6) is 11.5 Å². The maximum Gasteiger partial charge on any atom is 0.310 e. The van der Waals surface area contributed by atoms with E-state index in [0.29, 0.717) is 11.4 Å². The highest BCUT2D eigenvalue weighted by Crippen LogP contribution is 2.28. The Hall–Kier alpha value is -5.00. The van der Waals surface area contributed by atoms with Crippen molar-refractivity contribution in [2.45, 2.75) is 26.1 Å². The number of ether oxygens (including phenoxy) is 2. The van der Waals surface area contributed by atoms with Crippen molar-refractivity contribution < 1.29 is 28.9 Å². The molecule has 12 nitrogen and oxygen atoms in total. The Bertz CT molecular complexity index is 1180. The van der Waals surface area contributed by atoms with E-state index < -0.39 is 33.9 Å². The van der Waals surface area contributed by atoms with Gasteiger partial charge in [-0.3, -0.25) is 29.8 Å². The van der Waals surface area contributed by atoms with Crippen LogP contribution in [0.1, 0.15) is 13.8 Å². The number of nitro benzene ring substituents is 2. The summed E-state index contributed by atoms with van der Waals surface area (Å²) in [7, 11) is 0. The molecule has 2 N–H and O–H groups in total. The SMILES string of the molecule is CC(Oc1ccccc1[N+](=O)[O-])C(=O)Nc1ccc(NC(=O)C(C)Oc2ccccc2[N+](=O)[O-])cc1. The van der Waals surface area contributed by atoms with E-state index >= 15 is 0 Å². The third-order valence-corrected chi connectivity index (χ3v) is 4.89. The van der Waals surface area contributed by atoms with Gasteiger partial charge in [0.05, 0.1) is 9.85 Å². The fraction of sp³-hybridized carbons (Fsp3) is 0.167. The fourth-order valence-corrected chi connectivity index (χ4v) is 3.03. The van der Waals surface area contributed by atoms with Crippen molar-refractivity contribution in [1.29, 1.82) is 0 Å². The molecule has 0 radical (unpaired) electrons. The van der Waals surface area contributed by atoms with Gasteiger partial charge in [-0.15, -0.1) is 0 Å². The van der Waals surface area contributed by atoms with E-state index in [1.807, 2.05) is 0 Å². The molecule has 0 aromatic heterocycles. The second-order valence-corrected chi connectivity index (χ2v) is 7.53. The van der Waals surface area contributed by atoms with Crippen LogP contribution in [0.15, 0.2) is 72.8 Å². The second kappa shape index (κ2) is 11.4. The zero-order chi connectivity index (χ0) is 26.2. The topological polar surface area (TPSA) is 163 Å². The molecule has 0 heterocycles. The molecular formula is C24H22N4O8. The summed E-state index contributed by atoms with van der Waals surface area (Å²) in [6.07, 6.45) is -2.05. The first-order valence-corrected chi connectivity index (χ1v) is 10.7. The maximum atomic E-state index is 12.5. The normalized spacial score (nSPS) is 12.1. The van der Waals surface area contributed by atoms with Crippen LogP contribution in [0.25, 0.3) is 0 Å². The molecule has 0 saturated heterocycles. The van der Waals surface area contributed by atoms with E-state index in [9.17, 15) is 29.8 Å². The highest BCUT2D eigenvalue weighted by molar-refractivity contribution is 5.96. The van der Waals surface area contributed by atoms with Gasteiger partial charge >= 0.3 is 11.4 Å². The number of nitro groups is 2. The monoisotopic (exact) mass is 494 g/mol. The minimum absolute atomic E-state index is 0.0274. The van der Waals surface area contributed by atoms with Crippen LogP contribution in [0.4, 0.5) is 22.7 Å². The van der Waals surface area contributed by atoms with Crippen LogP contribution < -0.4 is 20.1 Å². The molecule has 36 heavy (non-hydrogen) atoms. The number of benzene rings is 3. The highest BCUT2D eigenvalue weighted by atomic mass is 16.6. The predicted octanol–water partition coefficient (Wildman–Crippen LogP) is 4.32. The van der Waals surface area contributed by atoms with E-state index in [1.165, 1.54) is 50.2 Å². The van der Waals surface area contributed by atoms with Gasteiger partial charge in [0.2, 0.25) is 0 Å². The van der Waals surface area contributed by atoms with Crippen LogP contribution in [0, 0.1) is 20.2 Å². The third kappa shape index (κ3) is 6.53. The Kier molecular flexibility index (Phi) is 8.13. The Morgan fingerprint density at radius 3 is 1.33 bits per heavy atom. The molecular weight excluding hydrogens is 472 g/mol. The molecule has 0 spiro atoms. The van der Waals surface area contributed by atoms with Crippen molar-refractivity contribution in [3.05, 3.63) is 93.0 Å². The van der Waals surface area contributed by atoms with Crippen molar-refractivity contribution in [2.24, 2.45) is 0 Å². The van der Waals surface area contributed by atoms with E-state index in [-0.39, 0.29) is 22.9 Å². The van der Waals surface area contributed by atoms with Gasteiger partial charge in [-0.25, -0.2) is 0 Å². The average molecular weight is 494 g/mol. The highest BCUT2D eigenvalue weighted by Gasteiger charge is 2.22. The molecule has 2 atom stereocenters. The van der Waals surface area contributed by atoms with Crippen molar-refractivity contribution in [1.82, 2.24) is 0 Å². The van der Waals surface area contributed by atoms with Crippen molar-refractivity contribution in [3.8, 4) is 11.5 Å². The summed E-state index contributed by atoms with van der Waals surface area (Å²) in [6, 6.07) is 17.6. The van der Waals surface area contributed by atoms with E-state index in [2.05, 4.69) is 10.6 Å². The first-order chi connectivity index (χ1) is 17.2. The Morgan fingerprint density at radius 2 is 1.00 bits per heavy atom. The summed E-state index contributed by atoms with van der Waals surface area (Å²) >= 11 is 0. The minimum atomic E-state index is -1.02. The lowest BCUT2D eigenvalue weighted by Crippen LogP contribution is -2.30. The molecule has 0 aliphatic carbocycles. The van der Waals surface area contributed by atoms with E-state index in [4.69, 9.17) is 9.47 Å². The van der Waals surface area contributed by atoms with E-state index in [0.717, 1.165) is 0 Å². The molecule has 0 bridgehead atoms. The van der Waals surface area contributed by atoms with Gasteiger partial charge in [0.25, 0.3) is 11.8 Å². The summed E-state index contributed by atoms with van der Waals surface area (Å²) in [5, 5.41) is 27.5. The number of hydrogen-bond donors (Lipinski definition) is 2. The molecule has 3 aromatic carbocycles. The molecule has 2 unspecified atom stereocenters. The third-order valence-electron chi connectivity index (χ3n) is 4.89. The van der Waals surface area contributed by atoms with Crippen LogP contribution in [-0.2, 0) is 9.59 Å². The Morgan fingerprint density at radius 1 is 0.667 bits per heavy atom. The lowest BCUT2D eigenvalue weighted by atomic mass is 10.2. The number of rotatable bonds is 10. The molecule has 3 rings (SSSR count). The van der Waals surface area contributed by atoms with Gasteiger partial charge < -0.3 is 20.1 Å². The Labute approximate surface area is 205 Å². The van der Waals surface area contributed by atoms with Crippen LogP contribution in [0.3, 0.4) is 0 Å². The number of anilines is 2. The minimum Gasteiger partial charge on any atom is -0.474 e. The molecule has 0 fully saturated rings. The molecule has 0 aliphatic heterocycles. The number of nitrogens with one attached hydrogen (secondary N) is 2. The number of carbonyl (C=O) groups excluding carboxylic acids is 2. The fourth-order valence-electron chi connectivity index (χ4n) is 3.03. The number of amides is 2. The smallest absolute Gasteiger partial charge is 0.310 e. The van der Waals surface area contributed by atoms with Gasteiger partial charge in [-0.1, -0.05) is 24.3 Å². The summed E-state index contributed by atoms with van der Waals surface area (Å²) in [5.41, 5.74) is 0.301. The van der Waals surface area contributed by atoms with Crippen molar-refractivity contribution in [2.75, 3.05) is 10.6 Å². The lowest BCUT2D eigenvalue weighted by Gasteiger charge is -2.16. The van der Waals surface area contributed by atoms with Gasteiger partial charge in [-0.2, -0.15) is 0 Å². The van der Waals surface area contributed by atoms with Crippen LogP contribution in [0.2, 0.25) is 0 Å². The molecule has 2 amide bonds. The van der Waals surface area contributed by atoms with Crippen LogP contribution >= 0.6 is 0 Å². The molecule has 12 heteroatoms. The molecule has 186 valence electrons. The lowest BCUT2D eigenvalue weighted by molar-refractivity contribution is -0.386.